The van der Waals surface area contributed by atoms with Crippen LogP contribution in [0.3, 0.4) is 0 Å². The van der Waals surface area contributed by atoms with Crippen molar-refractivity contribution in [2.24, 2.45) is 0 Å². The highest BCUT2D eigenvalue weighted by atomic mass is 32.2. The van der Waals surface area contributed by atoms with E-state index >= 15 is 0 Å². The molecule has 30 heavy (non-hydrogen) atoms. The first kappa shape index (κ1) is 22.8. The van der Waals surface area contributed by atoms with Crippen LogP contribution in [0.15, 0.2) is 48.5 Å². The van der Waals surface area contributed by atoms with Gasteiger partial charge in [0.1, 0.15) is 9.92 Å². The molecule has 0 aliphatic carbocycles. The molecule has 1 aliphatic heterocycles. The monoisotopic (exact) mass is 428 g/mol. The van der Waals surface area contributed by atoms with Crippen molar-refractivity contribution >= 4 is 15.6 Å². The summed E-state index contributed by atoms with van der Waals surface area (Å²) < 4.78 is 21.9. The predicted molar refractivity (Wildman–Crippen MR) is 127 cm³/mol. The minimum Gasteiger partial charge on any atom is -0.299 e. The van der Waals surface area contributed by atoms with Gasteiger partial charge < -0.3 is 0 Å². The van der Waals surface area contributed by atoms with E-state index in [0.29, 0.717) is 18.0 Å². The van der Waals surface area contributed by atoms with E-state index in [2.05, 4.69) is 78.6 Å². The van der Waals surface area contributed by atoms with Crippen LogP contribution in [0.1, 0.15) is 56.3 Å². The van der Waals surface area contributed by atoms with Crippen molar-refractivity contribution in [2.45, 2.75) is 52.2 Å². The van der Waals surface area contributed by atoms with Gasteiger partial charge in [0, 0.05) is 50.2 Å². The lowest BCUT2D eigenvalue weighted by molar-refractivity contribution is 0.0463. The summed E-state index contributed by atoms with van der Waals surface area (Å²) in [5.74, 6) is 0.511. The highest BCUT2D eigenvalue weighted by Gasteiger charge is 2.31. The SMILES string of the molecule is CC(C)c1ccccc1C1CN(Cc2ccc(NS(C)(=N)=O)cc2)CCN1C(C)C. The topological polar surface area (TPSA) is 59.4 Å². The molecule has 3 rings (SSSR count). The maximum atomic E-state index is 11.6. The van der Waals surface area contributed by atoms with Crippen LogP contribution in [-0.2, 0) is 16.5 Å². The van der Waals surface area contributed by atoms with Gasteiger partial charge in [0.05, 0.1) is 0 Å². The molecule has 0 radical (unpaired) electrons. The molecule has 0 aromatic heterocycles. The van der Waals surface area contributed by atoms with E-state index in [1.165, 1.54) is 22.9 Å². The van der Waals surface area contributed by atoms with Crippen LogP contribution in [0.25, 0.3) is 0 Å². The molecule has 0 amide bonds. The number of benzene rings is 2. The first-order valence-corrected chi connectivity index (χ1v) is 12.8. The Balaban J connectivity index is 1.77. The van der Waals surface area contributed by atoms with Crippen molar-refractivity contribution in [3.63, 3.8) is 0 Å². The van der Waals surface area contributed by atoms with Gasteiger partial charge in [-0.1, -0.05) is 50.2 Å². The molecule has 1 saturated heterocycles. The molecular formula is C24H36N4OS. The van der Waals surface area contributed by atoms with Gasteiger partial charge in [-0.15, -0.1) is 0 Å². The number of piperazine rings is 1. The van der Waals surface area contributed by atoms with Crippen LogP contribution in [-0.4, -0.2) is 45.9 Å². The lowest BCUT2D eigenvalue weighted by Crippen LogP contribution is -2.50. The van der Waals surface area contributed by atoms with Crippen molar-refractivity contribution in [1.29, 1.82) is 4.78 Å². The lowest BCUT2D eigenvalue weighted by atomic mass is 9.90. The first-order valence-electron chi connectivity index (χ1n) is 10.8. The Morgan fingerprint density at radius 2 is 1.73 bits per heavy atom. The Morgan fingerprint density at radius 3 is 2.33 bits per heavy atom. The molecule has 2 atom stereocenters. The van der Waals surface area contributed by atoms with E-state index in [4.69, 9.17) is 4.78 Å². The fourth-order valence-corrected chi connectivity index (χ4v) is 4.98. The van der Waals surface area contributed by atoms with E-state index < -0.39 is 9.92 Å². The number of rotatable bonds is 7. The predicted octanol–water partition coefficient (Wildman–Crippen LogP) is 5.08. The normalized spacial score (nSPS) is 20.4. The molecule has 2 N–H and O–H groups in total. The average Bonchev–Trinajstić information content (AvgIpc) is 2.68. The molecule has 2 aromatic carbocycles. The number of nitrogens with zero attached hydrogens (tertiary/aromatic N) is 2. The molecule has 6 heteroatoms. The van der Waals surface area contributed by atoms with E-state index in [1.807, 2.05) is 12.1 Å². The standard InChI is InChI=1S/C24H36N4OS/c1-18(2)22-8-6-7-9-23(22)24-17-27(14-15-28(24)19(3)4)16-20-10-12-21(13-11-20)26-30(5,25)29/h6-13,18-19,24H,14-17H2,1-5H3,(H2,25,26,29). The summed E-state index contributed by atoms with van der Waals surface area (Å²) in [5.41, 5.74) is 4.87. The molecule has 164 valence electrons. The minimum atomic E-state index is -2.75. The lowest BCUT2D eigenvalue weighted by Gasteiger charge is -2.44. The fraction of sp³-hybridized carbons (Fsp3) is 0.500. The molecular weight excluding hydrogens is 392 g/mol. The maximum absolute atomic E-state index is 11.6. The molecule has 5 nitrogen and oxygen atoms in total. The molecule has 0 spiro atoms. The average molecular weight is 429 g/mol. The van der Waals surface area contributed by atoms with Crippen molar-refractivity contribution in [3.05, 3.63) is 65.2 Å². The fourth-order valence-electron chi connectivity index (χ4n) is 4.39. The molecule has 1 aliphatic rings. The van der Waals surface area contributed by atoms with Gasteiger partial charge in [0.15, 0.2) is 0 Å². The summed E-state index contributed by atoms with van der Waals surface area (Å²) >= 11 is 0. The first-order chi connectivity index (χ1) is 14.1. The quantitative estimate of drug-likeness (QED) is 0.646. The molecule has 2 unspecified atom stereocenters. The van der Waals surface area contributed by atoms with Gasteiger partial charge >= 0.3 is 0 Å². The summed E-state index contributed by atoms with van der Waals surface area (Å²) in [6.45, 7) is 13.2. The number of hydrogen-bond donors (Lipinski definition) is 2. The Bertz CT molecular complexity index is 938. The van der Waals surface area contributed by atoms with Crippen LogP contribution in [0, 0.1) is 4.78 Å². The van der Waals surface area contributed by atoms with Crippen LogP contribution < -0.4 is 4.72 Å². The second kappa shape index (κ2) is 9.50. The van der Waals surface area contributed by atoms with Crippen molar-refractivity contribution in [1.82, 2.24) is 9.80 Å². The summed E-state index contributed by atoms with van der Waals surface area (Å²) in [4.78, 5) is 5.17. The van der Waals surface area contributed by atoms with Crippen molar-refractivity contribution in [2.75, 3.05) is 30.6 Å². The summed E-state index contributed by atoms with van der Waals surface area (Å²) in [6.07, 6.45) is 1.39. The zero-order valence-electron chi connectivity index (χ0n) is 18.9. The molecule has 0 saturated carbocycles. The third-order valence-electron chi connectivity index (χ3n) is 5.82. The Labute approximate surface area is 182 Å². The number of nitrogens with one attached hydrogen (secondary N) is 2. The van der Waals surface area contributed by atoms with Crippen LogP contribution >= 0.6 is 0 Å². The van der Waals surface area contributed by atoms with Gasteiger partial charge in [-0.2, -0.15) is 0 Å². The highest BCUT2D eigenvalue weighted by molar-refractivity contribution is 7.93. The smallest absolute Gasteiger partial charge is 0.123 e. The summed E-state index contributed by atoms with van der Waals surface area (Å²) in [7, 11) is -2.75. The van der Waals surface area contributed by atoms with Crippen molar-refractivity contribution in [3.8, 4) is 0 Å². The van der Waals surface area contributed by atoms with Gasteiger partial charge in [0.25, 0.3) is 0 Å². The molecule has 1 fully saturated rings. The van der Waals surface area contributed by atoms with Gasteiger partial charge in [-0.05, 0) is 48.6 Å². The number of anilines is 1. The van der Waals surface area contributed by atoms with Gasteiger partial charge in [0.2, 0.25) is 0 Å². The summed E-state index contributed by atoms with van der Waals surface area (Å²) in [6, 6.07) is 17.8. The Kier molecular flexibility index (Phi) is 7.22. The third-order valence-corrected chi connectivity index (χ3v) is 6.44. The zero-order chi connectivity index (χ0) is 21.9. The van der Waals surface area contributed by atoms with Crippen LogP contribution in [0.5, 0.6) is 0 Å². The number of hydrogen-bond acceptors (Lipinski definition) is 4. The Hall–Kier alpha value is -1.89. The Morgan fingerprint density at radius 1 is 1.07 bits per heavy atom. The zero-order valence-corrected chi connectivity index (χ0v) is 19.7. The van der Waals surface area contributed by atoms with Gasteiger partial charge in [-0.3, -0.25) is 14.5 Å². The largest absolute Gasteiger partial charge is 0.299 e. The second-order valence-corrected chi connectivity index (χ2v) is 10.9. The molecule has 0 bridgehead atoms. The van der Waals surface area contributed by atoms with E-state index in [9.17, 15) is 4.21 Å². The molecule has 2 aromatic rings. The van der Waals surface area contributed by atoms with E-state index in [1.54, 1.807) is 0 Å². The maximum Gasteiger partial charge on any atom is 0.123 e. The highest BCUT2D eigenvalue weighted by Crippen LogP contribution is 2.33. The second-order valence-electron chi connectivity index (χ2n) is 9.01. The van der Waals surface area contributed by atoms with E-state index in [0.717, 1.165) is 31.9 Å². The van der Waals surface area contributed by atoms with E-state index in [-0.39, 0.29) is 0 Å². The summed E-state index contributed by atoms with van der Waals surface area (Å²) in [5, 5.41) is 0. The van der Waals surface area contributed by atoms with Gasteiger partial charge in [-0.25, -0.2) is 8.99 Å². The van der Waals surface area contributed by atoms with Crippen molar-refractivity contribution < 1.29 is 4.21 Å². The van der Waals surface area contributed by atoms with Crippen LogP contribution in [0.2, 0.25) is 0 Å². The molecule has 1 heterocycles. The third kappa shape index (κ3) is 5.84. The minimum absolute atomic E-state index is 0.395. The van der Waals surface area contributed by atoms with Crippen LogP contribution in [0.4, 0.5) is 5.69 Å².